The lowest BCUT2D eigenvalue weighted by atomic mass is 10.1. The summed E-state index contributed by atoms with van der Waals surface area (Å²) in [5.74, 6) is 0.183. The molecular weight excluding hydrogens is 230 g/mol. The summed E-state index contributed by atoms with van der Waals surface area (Å²) in [5.41, 5.74) is 5.57. The average Bonchev–Trinajstić information content (AvgIpc) is 2.42. The predicted molar refractivity (Wildman–Crippen MR) is 73.0 cm³/mol. The van der Waals surface area contributed by atoms with E-state index in [2.05, 4.69) is 17.0 Å². The molecule has 1 heterocycles. The monoisotopic (exact) mass is 257 g/mol. The second-order valence-corrected chi connectivity index (χ2v) is 4.95. The lowest BCUT2D eigenvalue weighted by molar-refractivity contribution is 0.00414. The third-order valence-electron chi connectivity index (χ3n) is 3.42. The molecule has 1 aliphatic heterocycles. The van der Waals surface area contributed by atoms with Crippen molar-refractivity contribution in [3.8, 4) is 0 Å². The van der Waals surface area contributed by atoms with E-state index in [0.717, 1.165) is 19.6 Å². The van der Waals surface area contributed by atoms with Crippen LogP contribution in [0.15, 0.2) is 5.16 Å². The highest BCUT2D eigenvalue weighted by molar-refractivity contribution is 5.84. The first-order valence-corrected chi connectivity index (χ1v) is 7.09. The smallest absolute Gasteiger partial charge is 0.169 e. The summed E-state index contributed by atoms with van der Waals surface area (Å²) in [7, 11) is 0. The summed E-state index contributed by atoms with van der Waals surface area (Å²) in [5, 5.41) is 11.7. The van der Waals surface area contributed by atoms with Gasteiger partial charge in [-0.05, 0) is 13.0 Å². The molecule has 106 valence electrons. The number of nitrogens with zero attached hydrogens (tertiary/aromatic N) is 2. The van der Waals surface area contributed by atoms with Gasteiger partial charge in [-0.1, -0.05) is 44.2 Å². The second kappa shape index (κ2) is 9.16. The van der Waals surface area contributed by atoms with Gasteiger partial charge in [0.25, 0.3) is 0 Å². The average molecular weight is 257 g/mol. The largest absolute Gasteiger partial charge is 0.409 e. The van der Waals surface area contributed by atoms with E-state index in [-0.39, 0.29) is 11.9 Å². The first kappa shape index (κ1) is 15.2. The molecule has 0 amide bonds. The molecule has 1 saturated heterocycles. The number of oxime groups is 1. The third kappa shape index (κ3) is 5.69. The molecule has 0 bridgehead atoms. The Morgan fingerprint density at radius 3 is 2.78 bits per heavy atom. The molecule has 18 heavy (non-hydrogen) atoms. The highest BCUT2D eigenvalue weighted by Crippen LogP contribution is 2.09. The molecule has 1 rings (SSSR count). The lowest BCUT2D eigenvalue weighted by Crippen LogP contribution is -2.48. The Bertz CT molecular complexity index is 246. The number of hydrogen-bond acceptors (Lipinski definition) is 4. The molecule has 3 N–H and O–H groups in total. The van der Waals surface area contributed by atoms with Gasteiger partial charge in [0.2, 0.25) is 0 Å². The maximum absolute atomic E-state index is 8.63. The van der Waals surface area contributed by atoms with Crippen molar-refractivity contribution >= 4 is 5.84 Å². The van der Waals surface area contributed by atoms with Crippen LogP contribution in [0.1, 0.15) is 45.4 Å². The van der Waals surface area contributed by atoms with Gasteiger partial charge in [-0.25, -0.2) is 0 Å². The Morgan fingerprint density at radius 1 is 1.33 bits per heavy atom. The second-order valence-electron chi connectivity index (χ2n) is 4.95. The van der Waals surface area contributed by atoms with Crippen molar-refractivity contribution in [1.29, 1.82) is 0 Å². The fraction of sp³-hybridized carbons (Fsp3) is 0.923. The number of unbranched alkanes of at least 4 members (excludes halogenated alkanes) is 5. The van der Waals surface area contributed by atoms with Crippen LogP contribution < -0.4 is 5.73 Å². The highest BCUT2D eigenvalue weighted by Gasteiger charge is 2.23. The molecule has 1 atom stereocenters. The van der Waals surface area contributed by atoms with E-state index in [1.165, 1.54) is 38.5 Å². The van der Waals surface area contributed by atoms with Crippen molar-refractivity contribution in [2.45, 2.75) is 51.6 Å². The van der Waals surface area contributed by atoms with E-state index in [9.17, 15) is 0 Å². The first-order chi connectivity index (χ1) is 8.77. The Hall–Kier alpha value is -0.810. The topological polar surface area (TPSA) is 71.1 Å². The van der Waals surface area contributed by atoms with Gasteiger partial charge in [-0.3, -0.25) is 4.90 Å². The molecule has 1 aliphatic rings. The Morgan fingerprint density at radius 2 is 2.06 bits per heavy atom. The number of hydrogen-bond donors (Lipinski definition) is 2. The number of ether oxygens (including phenoxy) is 1. The summed E-state index contributed by atoms with van der Waals surface area (Å²) in [4.78, 5) is 2.34. The quantitative estimate of drug-likeness (QED) is 0.229. The molecule has 0 aromatic rings. The van der Waals surface area contributed by atoms with Crippen LogP contribution in [0.5, 0.6) is 0 Å². The summed E-state index contributed by atoms with van der Waals surface area (Å²) in [6.07, 6.45) is 7.62. The van der Waals surface area contributed by atoms with Crippen LogP contribution in [0.4, 0.5) is 0 Å². The Kier molecular flexibility index (Phi) is 7.76. The van der Waals surface area contributed by atoms with Gasteiger partial charge in [-0.15, -0.1) is 0 Å². The molecule has 0 radical (unpaired) electrons. The molecule has 5 nitrogen and oxygen atoms in total. The van der Waals surface area contributed by atoms with Crippen LogP contribution in [0.25, 0.3) is 0 Å². The van der Waals surface area contributed by atoms with Crippen molar-refractivity contribution in [2.75, 3.05) is 26.2 Å². The SMILES string of the molecule is CCCCCCCCN1CCOC(C(N)=NO)C1. The maximum atomic E-state index is 8.63. The van der Waals surface area contributed by atoms with Crippen LogP contribution in [0.3, 0.4) is 0 Å². The van der Waals surface area contributed by atoms with Crippen LogP contribution in [0.2, 0.25) is 0 Å². The minimum atomic E-state index is -0.246. The van der Waals surface area contributed by atoms with Crippen LogP contribution in [0, 0.1) is 0 Å². The van der Waals surface area contributed by atoms with Crippen LogP contribution in [-0.2, 0) is 4.74 Å². The van der Waals surface area contributed by atoms with Crippen LogP contribution in [-0.4, -0.2) is 48.3 Å². The molecule has 0 saturated carbocycles. The van der Waals surface area contributed by atoms with Crippen molar-refractivity contribution < 1.29 is 9.94 Å². The van der Waals surface area contributed by atoms with Gasteiger partial charge in [0.15, 0.2) is 5.84 Å². The van der Waals surface area contributed by atoms with Gasteiger partial charge < -0.3 is 15.7 Å². The predicted octanol–water partition coefficient (Wildman–Crippen LogP) is 1.79. The third-order valence-corrected chi connectivity index (χ3v) is 3.42. The molecule has 0 aromatic carbocycles. The van der Waals surface area contributed by atoms with E-state index in [4.69, 9.17) is 15.7 Å². The number of nitrogens with two attached hydrogens (primary N) is 1. The highest BCUT2D eigenvalue weighted by atomic mass is 16.5. The molecular formula is C13H27N3O2. The first-order valence-electron chi connectivity index (χ1n) is 7.09. The van der Waals surface area contributed by atoms with Crippen molar-refractivity contribution in [1.82, 2.24) is 4.90 Å². The van der Waals surface area contributed by atoms with Crippen molar-refractivity contribution in [3.05, 3.63) is 0 Å². The summed E-state index contributed by atoms with van der Waals surface area (Å²) < 4.78 is 5.46. The minimum Gasteiger partial charge on any atom is -0.409 e. The van der Waals surface area contributed by atoms with Gasteiger partial charge >= 0.3 is 0 Å². The van der Waals surface area contributed by atoms with Gasteiger partial charge in [-0.2, -0.15) is 0 Å². The molecule has 0 aromatic heterocycles. The van der Waals surface area contributed by atoms with E-state index < -0.39 is 0 Å². The number of morpholine rings is 1. The summed E-state index contributed by atoms with van der Waals surface area (Å²) >= 11 is 0. The number of amidine groups is 1. The van der Waals surface area contributed by atoms with Crippen molar-refractivity contribution in [3.63, 3.8) is 0 Å². The van der Waals surface area contributed by atoms with E-state index in [0.29, 0.717) is 6.61 Å². The minimum absolute atomic E-state index is 0.183. The number of rotatable bonds is 8. The molecule has 0 aliphatic carbocycles. The Labute approximate surface area is 110 Å². The molecule has 0 spiro atoms. The van der Waals surface area contributed by atoms with E-state index >= 15 is 0 Å². The standard InChI is InChI=1S/C13H27N3O2/c1-2-3-4-5-6-7-8-16-9-10-18-12(11-16)13(14)15-17/h12,17H,2-11H2,1H3,(H2,14,15). The lowest BCUT2D eigenvalue weighted by Gasteiger charge is -2.32. The fourth-order valence-corrected chi connectivity index (χ4v) is 2.26. The van der Waals surface area contributed by atoms with E-state index in [1.54, 1.807) is 0 Å². The zero-order valence-corrected chi connectivity index (χ0v) is 11.5. The van der Waals surface area contributed by atoms with E-state index in [1.807, 2.05) is 0 Å². The van der Waals surface area contributed by atoms with Gasteiger partial charge in [0, 0.05) is 13.1 Å². The fourth-order valence-electron chi connectivity index (χ4n) is 2.26. The summed E-state index contributed by atoms with van der Waals surface area (Å²) in [6, 6.07) is 0. The van der Waals surface area contributed by atoms with Crippen LogP contribution >= 0.6 is 0 Å². The zero-order chi connectivity index (χ0) is 13.2. The maximum Gasteiger partial charge on any atom is 0.169 e. The van der Waals surface area contributed by atoms with Gasteiger partial charge in [0.05, 0.1) is 6.61 Å². The Balaban J connectivity index is 2.11. The normalized spacial score (nSPS) is 22.3. The zero-order valence-electron chi connectivity index (χ0n) is 11.5. The summed E-state index contributed by atoms with van der Waals surface area (Å²) in [6.45, 7) is 5.68. The molecule has 1 fully saturated rings. The molecule has 5 heteroatoms. The van der Waals surface area contributed by atoms with Gasteiger partial charge in [0.1, 0.15) is 6.10 Å². The molecule has 1 unspecified atom stereocenters. The van der Waals surface area contributed by atoms with Crippen molar-refractivity contribution in [2.24, 2.45) is 10.9 Å².